The molecule has 0 aromatic carbocycles. The van der Waals surface area contributed by atoms with E-state index < -0.39 is 5.97 Å². The van der Waals surface area contributed by atoms with Crippen LogP contribution in [-0.2, 0) is 11.8 Å². The largest absolute Gasteiger partial charge is 0.476 e. The summed E-state index contributed by atoms with van der Waals surface area (Å²) in [7, 11) is 3.04. The van der Waals surface area contributed by atoms with Crippen LogP contribution < -0.4 is 4.74 Å². The number of aromatic nitrogens is 2. The van der Waals surface area contributed by atoms with Gasteiger partial charge in [-0.1, -0.05) is 0 Å². The number of esters is 1. The minimum Gasteiger partial charge on any atom is -0.476 e. The Morgan fingerprint density at radius 1 is 1.69 bits per heavy atom. The Kier molecular flexibility index (Phi) is 2.89. The first-order chi connectivity index (χ1) is 6.19. The summed E-state index contributed by atoms with van der Waals surface area (Å²) >= 11 is 0. The Labute approximate surface area is 76.3 Å². The maximum Gasteiger partial charge on any atom is 0.345 e. The van der Waals surface area contributed by atoms with Crippen LogP contribution in [0, 0.1) is 0 Å². The Balaban J connectivity index is 2.96. The molecule has 1 heterocycles. The number of aryl methyl sites for hydroxylation is 1. The third-order valence-electron chi connectivity index (χ3n) is 1.48. The van der Waals surface area contributed by atoms with E-state index in [1.807, 2.05) is 6.92 Å². The SMILES string of the molecule is CCOc1nn(C)cc1C(=O)OC. The smallest absolute Gasteiger partial charge is 0.345 e. The molecule has 0 saturated carbocycles. The first-order valence-electron chi connectivity index (χ1n) is 3.93. The van der Waals surface area contributed by atoms with E-state index in [1.165, 1.54) is 11.8 Å². The fourth-order valence-electron chi connectivity index (χ4n) is 0.961. The van der Waals surface area contributed by atoms with E-state index in [1.54, 1.807) is 13.2 Å². The number of rotatable bonds is 3. The minimum atomic E-state index is -0.434. The van der Waals surface area contributed by atoms with Gasteiger partial charge in [-0.3, -0.25) is 4.68 Å². The molecule has 1 aromatic rings. The van der Waals surface area contributed by atoms with E-state index in [-0.39, 0.29) is 0 Å². The van der Waals surface area contributed by atoms with Crippen molar-refractivity contribution in [3.63, 3.8) is 0 Å². The lowest BCUT2D eigenvalue weighted by atomic mass is 10.3. The second-order valence-electron chi connectivity index (χ2n) is 2.45. The van der Waals surface area contributed by atoms with E-state index in [9.17, 15) is 4.79 Å². The van der Waals surface area contributed by atoms with Crippen molar-refractivity contribution in [1.29, 1.82) is 0 Å². The molecule has 72 valence electrons. The topological polar surface area (TPSA) is 53.4 Å². The van der Waals surface area contributed by atoms with Crippen LogP contribution >= 0.6 is 0 Å². The number of methoxy groups -OCH3 is 1. The zero-order chi connectivity index (χ0) is 9.84. The zero-order valence-corrected chi connectivity index (χ0v) is 7.90. The van der Waals surface area contributed by atoms with Gasteiger partial charge < -0.3 is 9.47 Å². The van der Waals surface area contributed by atoms with Gasteiger partial charge in [0.1, 0.15) is 5.56 Å². The molecule has 0 amide bonds. The molecule has 0 radical (unpaired) electrons. The summed E-state index contributed by atoms with van der Waals surface area (Å²) in [5.74, 6) is -0.117. The van der Waals surface area contributed by atoms with Crippen LogP contribution in [0.15, 0.2) is 6.20 Å². The highest BCUT2D eigenvalue weighted by Crippen LogP contribution is 2.15. The number of nitrogens with zero attached hydrogens (tertiary/aromatic N) is 2. The Morgan fingerprint density at radius 2 is 2.38 bits per heavy atom. The van der Waals surface area contributed by atoms with E-state index >= 15 is 0 Å². The standard InChI is InChI=1S/C8H12N2O3/c1-4-13-7-6(8(11)12-3)5-10(2)9-7/h5H,4H2,1-3H3. The fraction of sp³-hybridized carbons (Fsp3) is 0.500. The lowest BCUT2D eigenvalue weighted by Gasteiger charge is -1.99. The average molecular weight is 184 g/mol. The lowest BCUT2D eigenvalue weighted by molar-refractivity contribution is 0.0596. The normalized spacial score (nSPS) is 9.77. The molecular weight excluding hydrogens is 172 g/mol. The molecule has 0 aliphatic heterocycles. The first-order valence-corrected chi connectivity index (χ1v) is 3.93. The van der Waals surface area contributed by atoms with Gasteiger partial charge in [-0.15, -0.1) is 5.10 Å². The van der Waals surface area contributed by atoms with E-state index in [2.05, 4.69) is 9.84 Å². The van der Waals surface area contributed by atoms with Crippen molar-refractivity contribution in [2.24, 2.45) is 7.05 Å². The number of ether oxygens (including phenoxy) is 2. The molecule has 0 spiro atoms. The molecule has 0 aliphatic rings. The highest BCUT2D eigenvalue weighted by atomic mass is 16.5. The third kappa shape index (κ3) is 1.99. The molecule has 5 heteroatoms. The highest BCUT2D eigenvalue weighted by Gasteiger charge is 2.16. The predicted molar refractivity (Wildman–Crippen MR) is 45.7 cm³/mol. The maximum absolute atomic E-state index is 11.2. The van der Waals surface area contributed by atoms with Crippen molar-refractivity contribution in [2.75, 3.05) is 13.7 Å². The molecule has 0 bridgehead atoms. The summed E-state index contributed by atoms with van der Waals surface area (Å²) < 4.78 is 11.2. The Morgan fingerprint density at radius 3 is 2.92 bits per heavy atom. The van der Waals surface area contributed by atoms with Crippen LogP contribution in [0.25, 0.3) is 0 Å². The molecule has 0 fully saturated rings. The quantitative estimate of drug-likeness (QED) is 0.646. The third-order valence-corrected chi connectivity index (χ3v) is 1.48. The van der Waals surface area contributed by atoms with E-state index in [0.29, 0.717) is 18.1 Å². The van der Waals surface area contributed by atoms with Crippen LogP contribution in [0.4, 0.5) is 0 Å². The summed E-state index contributed by atoms with van der Waals surface area (Å²) in [5, 5.41) is 3.96. The molecule has 1 aromatic heterocycles. The molecule has 0 N–H and O–H groups in total. The lowest BCUT2D eigenvalue weighted by Crippen LogP contribution is -2.03. The van der Waals surface area contributed by atoms with Gasteiger partial charge in [-0.2, -0.15) is 0 Å². The van der Waals surface area contributed by atoms with Crippen molar-refractivity contribution in [2.45, 2.75) is 6.92 Å². The number of carbonyl (C=O) groups is 1. The second-order valence-corrected chi connectivity index (χ2v) is 2.45. The van der Waals surface area contributed by atoms with E-state index in [4.69, 9.17) is 4.74 Å². The van der Waals surface area contributed by atoms with Gasteiger partial charge in [0.2, 0.25) is 5.88 Å². The van der Waals surface area contributed by atoms with Gasteiger partial charge in [0.15, 0.2) is 0 Å². The Hall–Kier alpha value is -1.52. The summed E-state index contributed by atoms with van der Waals surface area (Å²) in [6, 6.07) is 0. The summed E-state index contributed by atoms with van der Waals surface area (Å²) in [6.07, 6.45) is 1.57. The monoisotopic (exact) mass is 184 g/mol. The molecule has 0 atom stereocenters. The predicted octanol–water partition coefficient (Wildman–Crippen LogP) is 0.605. The van der Waals surface area contributed by atoms with Crippen LogP contribution in [0.2, 0.25) is 0 Å². The average Bonchev–Trinajstić information content (AvgIpc) is 2.46. The van der Waals surface area contributed by atoms with Gasteiger partial charge in [0.25, 0.3) is 0 Å². The van der Waals surface area contributed by atoms with Gasteiger partial charge in [-0.25, -0.2) is 4.79 Å². The van der Waals surface area contributed by atoms with Gasteiger partial charge in [0.05, 0.1) is 13.7 Å². The molecule has 0 saturated heterocycles. The highest BCUT2D eigenvalue weighted by molar-refractivity contribution is 5.91. The van der Waals surface area contributed by atoms with Crippen LogP contribution in [0.3, 0.4) is 0 Å². The molecule has 13 heavy (non-hydrogen) atoms. The number of hydrogen-bond acceptors (Lipinski definition) is 4. The van der Waals surface area contributed by atoms with Gasteiger partial charge in [0, 0.05) is 13.2 Å². The van der Waals surface area contributed by atoms with Gasteiger partial charge >= 0.3 is 5.97 Å². The minimum absolute atomic E-state index is 0.317. The van der Waals surface area contributed by atoms with Gasteiger partial charge in [-0.05, 0) is 6.92 Å². The molecule has 1 rings (SSSR count). The maximum atomic E-state index is 11.2. The van der Waals surface area contributed by atoms with Crippen molar-refractivity contribution in [1.82, 2.24) is 9.78 Å². The Bertz CT molecular complexity index is 306. The van der Waals surface area contributed by atoms with Crippen molar-refractivity contribution in [3.05, 3.63) is 11.8 Å². The van der Waals surface area contributed by atoms with E-state index in [0.717, 1.165) is 0 Å². The summed E-state index contributed by atoms with van der Waals surface area (Å²) in [5.41, 5.74) is 0.354. The molecule has 0 aliphatic carbocycles. The molecule has 5 nitrogen and oxygen atoms in total. The van der Waals surface area contributed by atoms with Crippen LogP contribution in [-0.4, -0.2) is 29.5 Å². The number of carbonyl (C=O) groups excluding carboxylic acids is 1. The first kappa shape index (κ1) is 9.57. The van der Waals surface area contributed by atoms with Crippen LogP contribution in [0.1, 0.15) is 17.3 Å². The van der Waals surface area contributed by atoms with Crippen molar-refractivity contribution >= 4 is 5.97 Å². The zero-order valence-electron chi connectivity index (χ0n) is 7.90. The summed E-state index contributed by atoms with van der Waals surface area (Å²) in [6.45, 7) is 2.30. The van der Waals surface area contributed by atoms with Crippen molar-refractivity contribution < 1.29 is 14.3 Å². The molecule has 0 unspecified atom stereocenters. The van der Waals surface area contributed by atoms with Crippen molar-refractivity contribution in [3.8, 4) is 5.88 Å². The number of hydrogen-bond donors (Lipinski definition) is 0. The molecular formula is C8H12N2O3. The van der Waals surface area contributed by atoms with Crippen LogP contribution in [0.5, 0.6) is 5.88 Å². The fourth-order valence-corrected chi connectivity index (χ4v) is 0.961. The second kappa shape index (κ2) is 3.93. The summed E-state index contributed by atoms with van der Waals surface area (Å²) in [4.78, 5) is 11.2.